The van der Waals surface area contributed by atoms with Crippen LogP contribution in [0.5, 0.6) is 11.5 Å². The number of benzene rings is 1. The van der Waals surface area contributed by atoms with E-state index in [0.717, 1.165) is 0 Å². The lowest BCUT2D eigenvalue weighted by atomic mass is 10.2. The SMILES string of the molecule is COc1cc(NC(=O)C(C)Sc2nnc(-c3ccco3)c(-c3ccco3)n2)cc(OC)c1. The Morgan fingerprint density at radius 2 is 1.59 bits per heavy atom. The van der Waals surface area contributed by atoms with Crippen molar-refractivity contribution in [2.24, 2.45) is 0 Å². The smallest absolute Gasteiger partial charge is 0.237 e. The summed E-state index contributed by atoms with van der Waals surface area (Å²) in [4.78, 5) is 17.3. The van der Waals surface area contributed by atoms with Gasteiger partial charge in [-0.3, -0.25) is 4.79 Å². The number of aromatic nitrogens is 3. The molecule has 0 aliphatic carbocycles. The Balaban J connectivity index is 1.54. The number of hydrogen-bond acceptors (Lipinski definition) is 9. The predicted molar refractivity (Wildman–Crippen MR) is 119 cm³/mol. The van der Waals surface area contributed by atoms with Crippen LogP contribution in [0.1, 0.15) is 6.92 Å². The molecule has 0 aliphatic rings. The lowest BCUT2D eigenvalue weighted by Gasteiger charge is -2.13. The van der Waals surface area contributed by atoms with Crippen molar-refractivity contribution >= 4 is 23.4 Å². The van der Waals surface area contributed by atoms with Crippen LogP contribution in [0, 0.1) is 0 Å². The highest BCUT2D eigenvalue weighted by atomic mass is 32.2. The molecule has 0 saturated carbocycles. The van der Waals surface area contributed by atoms with Crippen LogP contribution in [-0.4, -0.2) is 40.6 Å². The van der Waals surface area contributed by atoms with E-state index in [1.54, 1.807) is 76.1 Å². The first-order valence-corrected chi connectivity index (χ1v) is 10.5. The molecule has 1 amide bonds. The van der Waals surface area contributed by atoms with Crippen LogP contribution in [0.2, 0.25) is 0 Å². The Labute approximate surface area is 188 Å². The molecule has 0 aliphatic heterocycles. The zero-order valence-corrected chi connectivity index (χ0v) is 18.4. The summed E-state index contributed by atoms with van der Waals surface area (Å²) in [5.41, 5.74) is 1.49. The van der Waals surface area contributed by atoms with Gasteiger partial charge in [-0.25, -0.2) is 4.98 Å². The number of thioether (sulfide) groups is 1. The van der Waals surface area contributed by atoms with Gasteiger partial charge in [0.2, 0.25) is 11.1 Å². The van der Waals surface area contributed by atoms with Crippen molar-refractivity contribution in [3.05, 3.63) is 55.0 Å². The van der Waals surface area contributed by atoms with Crippen molar-refractivity contribution in [3.8, 4) is 34.4 Å². The molecule has 0 saturated heterocycles. The minimum absolute atomic E-state index is 0.233. The summed E-state index contributed by atoms with van der Waals surface area (Å²) in [6.45, 7) is 1.76. The quantitative estimate of drug-likeness (QED) is 0.385. The summed E-state index contributed by atoms with van der Waals surface area (Å²) in [7, 11) is 3.10. The minimum Gasteiger partial charge on any atom is -0.497 e. The van der Waals surface area contributed by atoms with Gasteiger partial charge in [0, 0.05) is 23.9 Å². The van der Waals surface area contributed by atoms with E-state index >= 15 is 0 Å². The van der Waals surface area contributed by atoms with E-state index in [2.05, 4.69) is 20.5 Å². The first-order chi connectivity index (χ1) is 15.6. The second kappa shape index (κ2) is 9.56. The number of nitrogens with one attached hydrogen (secondary N) is 1. The highest BCUT2D eigenvalue weighted by Gasteiger charge is 2.21. The Bertz CT molecular complexity index is 1170. The van der Waals surface area contributed by atoms with Gasteiger partial charge in [-0.2, -0.15) is 0 Å². The van der Waals surface area contributed by atoms with Gasteiger partial charge in [0.15, 0.2) is 17.2 Å². The van der Waals surface area contributed by atoms with Gasteiger partial charge < -0.3 is 23.6 Å². The summed E-state index contributed by atoms with van der Waals surface area (Å²) in [6.07, 6.45) is 3.10. The summed E-state index contributed by atoms with van der Waals surface area (Å²) < 4.78 is 21.4. The molecule has 0 bridgehead atoms. The lowest BCUT2D eigenvalue weighted by Crippen LogP contribution is -2.22. The molecule has 164 valence electrons. The molecular formula is C22H20N4O5S. The molecule has 9 nitrogen and oxygen atoms in total. The van der Waals surface area contributed by atoms with Crippen LogP contribution in [0.15, 0.2) is 69.0 Å². The molecule has 4 rings (SSSR count). The van der Waals surface area contributed by atoms with Crippen molar-refractivity contribution in [1.29, 1.82) is 0 Å². The summed E-state index contributed by atoms with van der Waals surface area (Å²) in [5.74, 6) is 1.95. The molecule has 32 heavy (non-hydrogen) atoms. The van der Waals surface area contributed by atoms with Crippen LogP contribution < -0.4 is 14.8 Å². The molecular weight excluding hydrogens is 432 g/mol. The third kappa shape index (κ3) is 4.75. The van der Waals surface area contributed by atoms with Gasteiger partial charge in [0.05, 0.1) is 32.0 Å². The molecule has 1 N–H and O–H groups in total. The topological polar surface area (TPSA) is 113 Å². The van der Waals surface area contributed by atoms with Crippen molar-refractivity contribution in [2.45, 2.75) is 17.3 Å². The fraction of sp³-hybridized carbons (Fsp3) is 0.182. The normalized spacial score (nSPS) is 11.7. The number of methoxy groups -OCH3 is 2. The Hall–Kier alpha value is -3.79. The van der Waals surface area contributed by atoms with E-state index in [4.69, 9.17) is 18.3 Å². The van der Waals surface area contributed by atoms with Crippen LogP contribution in [0.4, 0.5) is 5.69 Å². The Morgan fingerprint density at radius 3 is 2.16 bits per heavy atom. The van der Waals surface area contributed by atoms with Crippen LogP contribution in [0.3, 0.4) is 0 Å². The highest BCUT2D eigenvalue weighted by molar-refractivity contribution is 8.00. The fourth-order valence-corrected chi connectivity index (χ4v) is 3.57. The number of hydrogen-bond donors (Lipinski definition) is 1. The Morgan fingerprint density at radius 1 is 0.969 bits per heavy atom. The maximum atomic E-state index is 12.8. The Kier molecular flexibility index (Phi) is 6.41. The number of nitrogens with zero attached hydrogens (tertiary/aromatic N) is 3. The second-order valence-corrected chi connectivity index (χ2v) is 7.90. The number of amides is 1. The molecule has 10 heteroatoms. The average molecular weight is 452 g/mol. The number of carbonyl (C=O) groups excluding carboxylic acids is 1. The maximum Gasteiger partial charge on any atom is 0.237 e. The lowest BCUT2D eigenvalue weighted by molar-refractivity contribution is -0.115. The molecule has 1 aromatic carbocycles. The van der Waals surface area contributed by atoms with Crippen LogP contribution in [-0.2, 0) is 4.79 Å². The number of furan rings is 2. The number of rotatable bonds is 8. The molecule has 1 atom stereocenters. The molecule has 3 heterocycles. The van der Waals surface area contributed by atoms with Gasteiger partial charge in [-0.15, -0.1) is 10.2 Å². The van der Waals surface area contributed by atoms with E-state index in [0.29, 0.717) is 45.3 Å². The van der Waals surface area contributed by atoms with Crippen LogP contribution >= 0.6 is 11.8 Å². The van der Waals surface area contributed by atoms with E-state index in [1.807, 2.05) is 0 Å². The van der Waals surface area contributed by atoms with Crippen molar-refractivity contribution < 1.29 is 23.1 Å². The zero-order chi connectivity index (χ0) is 22.5. The predicted octanol–water partition coefficient (Wildman–Crippen LogP) is 4.53. The first-order valence-electron chi connectivity index (χ1n) is 9.60. The minimum atomic E-state index is -0.507. The standard InChI is InChI=1S/C22H20N4O5S/c1-13(21(27)23-14-10-15(28-2)12-16(11-14)29-3)32-22-24-19(17-6-4-8-30-17)20(25-26-22)18-7-5-9-31-18/h4-13H,1-3H3,(H,23,27). The highest BCUT2D eigenvalue weighted by Crippen LogP contribution is 2.32. The van der Waals surface area contributed by atoms with Gasteiger partial charge >= 0.3 is 0 Å². The summed E-state index contributed by atoms with van der Waals surface area (Å²) >= 11 is 1.18. The summed E-state index contributed by atoms with van der Waals surface area (Å²) in [5, 5.41) is 11.1. The van der Waals surface area contributed by atoms with E-state index in [9.17, 15) is 4.79 Å². The number of carbonyl (C=O) groups is 1. The fourth-order valence-electron chi connectivity index (χ4n) is 2.86. The second-order valence-electron chi connectivity index (χ2n) is 6.60. The molecule has 0 spiro atoms. The van der Waals surface area contributed by atoms with Crippen molar-refractivity contribution in [2.75, 3.05) is 19.5 Å². The third-order valence-electron chi connectivity index (χ3n) is 4.45. The largest absolute Gasteiger partial charge is 0.497 e. The molecule has 4 aromatic rings. The third-order valence-corrected chi connectivity index (χ3v) is 5.40. The van der Waals surface area contributed by atoms with Gasteiger partial charge in [0.25, 0.3) is 0 Å². The van der Waals surface area contributed by atoms with E-state index in [1.165, 1.54) is 11.8 Å². The maximum absolute atomic E-state index is 12.8. The monoisotopic (exact) mass is 452 g/mol. The van der Waals surface area contributed by atoms with Gasteiger partial charge in [0.1, 0.15) is 17.2 Å². The number of ether oxygens (including phenoxy) is 2. The number of anilines is 1. The van der Waals surface area contributed by atoms with E-state index in [-0.39, 0.29) is 5.91 Å². The van der Waals surface area contributed by atoms with E-state index < -0.39 is 5.25 Å². The van der Waals surface area contributed by atoms with Gasteiger partial charge in [-0.1, -0.05) is 11.8 Å². The summed E-state index contributed by atoms with van der Waals surface area (Å²) in [6, 6.07) is 12.2. The van der Waals surface area contributed by atoms with Crippen molar-refractivity contribution in [3.63, 3.8) is 0 Å². The molecule has 0 fully saturated rings. The molecule has 0 radical (unpaired) electrons. The van der Waals surface area contributed by atoms with Gasteiger partial charge in [-0.05, 0) is 31.2 Å². The van der Waals surface area contributed by atoms with Crippen LogP contribution in [0.25, 0.3) is 22.9 Å². The average Bonchev–Trinajstić information content (AvgIpc) is 3.53. The zero-order valence-electron chi connectivity index (χ0n) is 17.6. The van der Waals surface area contributed by atoms with Crippen molar-refractivity contribution in [1.82, 2.24) is 15.2 Å². The first kappa shape index (κ1) is 21.4. The molecule has 1 unspecified atom stereocenters. The molecule has 3 aromatic heterocycles.